The summed E-state index contributed by atoms with van der Waals surface area (Å²) in [6.45, 7) is -1.37. The number of nitrogens with zero attached hydrogens (tertiary/aromatic N) is 3. The van der Waals surface area contributed by atoms with Gasteiger partial charge in [-0.05, 0) is 40.1 Å². The van der Waals surface area contributed by atoms with Crippen LogP contribution in [-0.4, -0.2) is 38.2 Å². The lowest BCUT2D eigenvalue weighted by Gasteiger charge is -2.06. The third-order valence-corrected chi connectivity index (χ3v) is 5.76. The summed E-state index contributed by atoms with van der Waals surface area (Å²) >= 11 is 1.07. The number of rotatable bonds is 4. The van der Waals surface area contributed by atoms with E-state index in [2.05, 4.69) is 15.1 Å². The topological polar surface area (TPSA) is 75.1 Å². The minimum Gasteiger partial charge on any atom is -0.361 e. The quantitative estimate of drug-likeness (QED) is 0.417. The van der Waals surface area contributed by atoms with Crippen LogP contribution in [0.3, 0.4) is 0 Å². The highest BCUT2D eigenvalue weighted by molar-refractivity contribution is 7.12. The summed E-state index contributed by atoms with van der Waals surface area (Å²) in [5.41, 5.74) is 4.84. The van der Waals surface area contributed by atoms with Gasteiger partial charge in [-0.1, -0.05) is 12.1 Å². The number of aromatic amines is 1. The third kappa shape index (κ3) is 3.77. The lowest BCUT2D eigenvalue weighted by Crippen LogP contribution is -2.33. The average Bonchev–Trinajstić information content (AvgIpc) is 3.48. The lowest BCUT2D eigenvalue weighted by atomic mass is 10.1. The van der Waals surface area contributed by atoms with E-state index in [1.54, 1.807) is 28.4 Å². The van der Waals surface area contributed by atoms with E-state index in [0.717, 1.165) is 33.4 Å². The van der Waals surface area contributed by atoms with Crippen molar-refractivity contribution >= 4 is 33.8 Å². The SMILES string of the molecule is O=C(NCC(F)(F)F)c1cc(-c2cnn3cc(-c4ccc5cc[nH]c5c4)cnc23)cs1. The zero-order chi connectivity index (χ0) is 21.6. The molecule has 5 aromatic rings. The van der Waals surface area contributed by atoms with Gasteiger partial charge in [-0.25, -0.2) is 9.50 Å². The number of amides is 1. The molecule has 0 saturated carbocycles. The van der Waals surface area contributed by atoms with Crippen LogP contribution in [0.15, 0.2) is 60.5 Å². The first kappa shape index (κ1) is 19.3. The number of nitrogens with one attached hydrogen (secondary N) is 2. The van der Waals surface area contributed by atoms with Crippen LogP contribution in [0.1, 0.15) is 9.67 Å². The number of benzene rings is 1. The van der Waals surface area contributed by atoms with Crippen molar-refractivity contribution in [3.8, 4) is 22.3 Å². The van der Waals surface area contributed by atoms with Crippen molar-refractivity contribution in [2.45, 2.75) is 6.18 Å². The van der Waals surface area contributed by atoms with E-state index in [9.17, 15) is 18.0 Å². The van der Waals surface area contributed by atoms with E-state index in [-0.39, 0.29) is 4.88 Å². The molecule has 156 valence electrons. The Bertz CT molecular complexity index is 1420. The third-order valence-electron chi connectivity index (χ3n) is 4.83. The molecular weight excluding hydrogens is 427 g/mol. The fourth-order valence-electron chi connectivity index (χ4n) is 3.32. The summed E-state index contributed by atoms with van der Waals surface area (Å²) in [6, 6.07) is 9.61. The molecule has 0 fully saturated rings. The number of hydrogen-bond acceptors (Lipinski definition) is 4. The summed E-state index contributed by atoms with van der Waals surface area (Å²) in [5.74, 6) is -0.764. The maximum atomic E-state index is 12.3. The van der Waals surface area contributed by atoms with Crippen LogP contribution in [0.2, 0.25) is 0 Å². The van der Waals surface area contributed by atoms with Gasteiger partial charge in [0.05, 0.1) is 11.1 Å². The van der Waals surface area contributed by atoms with Crippen molar-refractivity contribution in [3.05, 3.63) is 65.4 Å². The van der Waals surface area contributed by atoms with Crippen LogP contribution in [-0.2, 0) is 0 Å². The van der Waals surface area contributed by atoms with Gasteiger partial charge in [0, 0.05) is 35.2 Å². The first-order valence-electron chi connectivity index (χ1n) is 9.22. The fraction of sp³-hybridized carbons (Fsp3) is 0.0952. The van der Waals surface area contributed by atoms with Crippen molar-refractivity contribution in [2.24, 2.45) is 0 Å². The van der Waals surface area contributed by atoms with E-state index in [4.69, 9.17) is 0 Å². The number of fused-ring (bicyclic) bond motifs is 2. The zero-order valence-electron chi connectivity index (χ0n) is 15.8. The summed E-state index contributed by atoms with van der Waals surface area (Å²) in [5, 5.41) is 9.06. The van der Waals surface area contributed by atoms with Gasteiger partial charge in [0.25, 0.3) is 5.91 Å². The molecule has 0 unspecified atom stereocenters. The van der Waals surface area contributed by atoms with Crippen LogP contribution >= 0.6 is 11.3 Å². The van der Waals surface area contributed by atoms with Crippen LogP contribution in [0.4, 0.5) is 13.2 Å². The maximum Gasteiger partial charge on any atom is 0.405 e. The second-order valence-corrected chi connectivity index (χ2v) is 7.86. The Balaban J connectivity index is 1.43. The molecule has 4 heterocycles. The number of H-pyrrole nitrogens is 1. The number of hydrogen-bond donors (Lipinski definition) is 2. The predicted molar refractivity (Wildman–Crippen MR) is 112 cm³/mol. The van der Waals surface area contributed by atoms with E-state index < -0.39 is 18.6 Å². The average molecular weight is 441 g/mol. The first-order valence-corrected chi connectivity index (χ1v) is 10.1. The Kier molecular flexibility index (Phi) is 4.51. The number of halogens is 3. The van der Waals surface area contributed by atoms with Gasteiger partial charge in [0.2, 0.25) is 0 Å². The highest BCUT2D eigenvalue weighted by Crippen LogP contribution is 2.30. The lowest BCUT2D eigenvalue weighted by molar-refractivity contribution is -0.123. The van der Waals surface area contributed by atoms with E-state index in [1.807, 2.05) is 42.0 Å². The monoisotopic (exact) mass is 441 g/mol. The van der Waals surface area contributed by atoms with Crippen LogP contribution in [0, 0.1) is 0 Å². The Morgan fingerprint density at radius 2 is 2.00 bits per heavy atom. The van der Waals surface area contributed by atoms with E-state index in [0.29, 0.717) is 16.8 Å². The van der Waals surface area contributed by atoms with Crippen molar-refractivity contribution in [2.75, 3.05) is 6.54 Å². The second kappa shape index (κ2) is 7.24. The van der Waals surface area contributed by atoms with Gasteiger partial charge < -0.3 is 10.3 Å². The van der Waals surface area contributed by atoms with E-state index >= 15 is 0 Å². The number of thiophene rings is 1. The molecule has 0 spiro atoms. The highest BCUT2D eigenvalue weighted by atomic mass is 32.1. The Hall–Kier alpha value is -3.66. The highest BCUT2D eigenvalue weighted by Gasteiger charge is 2.28. The molecule has 1 amide bonds. The largest absolute Gasteiger partial charge is 0.405 e. The van der Waals surface area contributed by atoms with Gasteiger partial charge in [-0.3, -0.25) is 4.79 Å². The smallest absolute Gasteiger partial charge is 0.361 e. The zero-order valence-corrected chi connectivity index (χ0v) is 16.6. The van der Waals surface area contributed by atoms with Gasteiger partial charge in [-0.2, -0.15) is 18.3 Å². The number of carbonyl (C=O) groups is 1. The molecule has 1 aromatic carbocycles. The normalized spacial score (nSPS) is 12.0. The molecule has 0 atom stereocenters. The van der Waals surface area contributed by atoms with Gasteiger partial charge in [0.1, 0.15) is 6.54 Å². The minimum absolute atomic E-state index is 0.189. The van der Waals surface area contributed by atoms with Crippen LogP contribution < -0.4 is 5.32 Å². The molecule has 0 aliphatic heterocycles. The number of aromatic nitrogens is 4. The van der Waals surface area contributed by atoms with Crippen molar-refractivity contribution in [3.63, 3.8) is 0 Å². The van der Waals surface area contributed by atoms with Crippen LogP contribution in [0.25, 0.3) is 38.8 Å². The molecule has 2 N–H and O–H groups in total. The standard InChI is InChI=1S/C21H14F3N5OS/c22-21(23,24)11-27-20(30)18-6-14(10-31-18)16-8-28-29-9-15(7-26-19(16)29)13-2-1-12-3-4-25-17(12)5-13/h1-10,25H,11H2,(H,27,30). The molecule has 10 heteroatoms. The van der Waals surface area contributed by atoms with Gasteiger partial charge in [0.15, 0.2) is 5.65 Å². The fourth-order valence-corrected chi connectivity index (χ4v) is 4.14. The molecule has 0 radical (unpaired) electrons. The Morgan fingerprint density at radius 1 is 1.13 bits per heavy atom. The molecular formula is C21H14F3N5OS. The van der Waals surface area contributed by atoms with Crippen molar-refractivity contribution in [1.29, 1.82) is 0 Å². The van der Waals surface area contributed by atoms with Crippen LogP contribution in [0.5, 0.6) is 0 Å². The molecule has 0 aliphatic rings. The summed E-state index contributed by atoms with van der Waals surface area (Å²) in [7, 11) is 0. The minimum atomic E-state index is -4.45. The first-order chi connectivity index (χ1) is 14.9. The van der Waals surface area contributed by atoms with E-state index in [1.165, 1.54) is 0 Å². The number of carbonyl (C=O) groups excluding carboxylic acids is 1. The van der Waals surface area contributed by atoms with Crippen molar-refractivity contribution in [1.82, 2.24) is 24.9 Å². The molecule has 0 saturated heterocycles. The molecule has 0 bridgehead atoms. The second-order valence-electron chi connectivity index (χ2n) is 6.95. The predicted octanol–water partition coefficient (Wildman–Crippen LogP) is 4.90. The Labute approximate surface area is 177 Å². The molecule has 4 aromatic heterocycles. The number of alkyl halides is 3. The molecule has 0 aliphatic carbocycles. The Morgan fingerprint density at radius 3 is 2.84 bits per heavy atom. The summed E-state index contributed by atoms with van der Waals surface area (Å²) < 4.78 is 38.6. The van der Waals surface area contributed by atoms with Gasteiger partial charge >= 0.3 is 6.18 Å². The maximum absolute atomic E-state index is 12.3. The summed E-state index contributed by atoms with van der Waals surface area (Å²) in [4.78, 5) is 19.9. The molecule has 5 rings (SSSR count). The van der Waals surface area contributed by atoms with Gasteiger partial charge in [-0.15, -0.1) is 11.3 Å². The molecule has 31 heavy (non-hydrogen) atoms. The van der Waals surface area contributed by atoms with Crippen molar-refractivity contribution < 1.29 is 18.0 Å². The summed E-state index contributed by atoms with van der Waals surface area (Å²) in [6.07, 6.45) is 2.66. The molecule has 6 nitrogen and oxygen atoms in total.